The summed E-state index contributed by atoms with van der Waals surface area (Å²) < 4.78 is 5.85. The van der Waals surface area contributed by atoms with Gasteiger partial charge in [0.05, 0.1) is 24.1 Å². The van der Waals surface area contributed by atoms with Crippen molar-refractivity contribution in [3.63, 3.8) is 0 Å². The average molecular weight is 840 g/mol. The number of aromatic nitrogens is 1. The number of nitrogens with one attached hydrogen (secondary N) is 2. The largest absolute Gasteiger partial charge is 0.508 e. The summed E-state index contributed by atoms with van der Waals surface area (Å²) in [6.07, 6.45) is 9.06. The minimum absolute atomic E-state index is 0.0407. The third-order valence-corrected chi connectivity index (χ3v) is 11.9. The monoisotopic (exact) mass is 839 g/mol. The van der Waals surface area contributed by atoms with Crippen molar-refractivity contribution in [2.45, 2.75) is 143 Å². The molecule has 1 aliphatic heterocycles. The number of rotatable bonds is 22. The van der Waals surface area contributed by atoms with Crippen molar-refractivity contribution in [1.82, 2.24) is 25.6 Å². The van der Waals surface area contributed by atoms with Gasteiger partial charge in [-0.1, -0.05) is 52.7 Å². The van der Waals surface area contributed by atoms with Crippen LogP contribution in [-0.4, -0.2) is 98.7 Å². The number of carbonyl (C=O) groups excluding carboxylic acids is 4. The van der Waals surface area contributed by atoms with E-state index >= 15 is 0 Å². The summed E-state index contributed by atoms with van der Waals surface area (Å²) in [5.74, 6) is -0.610. The predicted octanol–water partition coefficient (Wildman–Crippen LogP) is 6.29. The molecule has 0 spiro atoms. The number of unbranched alkanes of at least 4 members (excludes halogenated alkanes) is 1. The van der Waals surface area contributed by atoms with E-state index < -0.39 is 52.9 Å². The third-order valence-electron chi connectivity index (χ3n) is 11.0. The second-order valence-electron chi connectivity index (χ2n) is 17.1. The molecule has 3 rings (SSSR count). The predicted molar refractivity (Wildman–Crippen MR) is 226 cm³/mol. The molecule has 14 nitrogen and oxygen atoms in total. The molecule has 1 unspecified atom stereocenters. The van der Waals surface area contributed by atoms with Gasteiger partial charge < -0.3 is 25.6 Å². The zero-order chi connectivity index (χ0) is 44.1. The van der Waals surface area contributed by atoms with Crippen LogP contribution in [0.3, 0.4) is 0 Å². The molecule has 2 heterocycles. The fourth-order valence-corrected chi connectivity index (χ4v) is 8.38. The van der Waals surface area contributed by atoms with Crippen molar-refractivity contribution in [2.75, 3.05) is 20.2 Å². The van der Waals surface area contributed by atoms with Gasteiger partial charge in [-0.2, -0.15) is 0 Å². The van der Waals surface area contributed by atoms with Crippen molar-refractivity contribution in [3.05, 3.63) is 45.9 Å². The van der Waals surface area contributed by atoms with E-state index in [4.69, 9.17) is 16.0 Å². The molecule has 6 atom stereocenters. The fourth-order valence-electron chi connectivity index (χ4n) is 7.54. The van der Waals surface area contributed by atoms with Gasteiger partial charge in [0.1, 0.15) is 22.5 Å². The zero-order valence-corrected chi connectivity index (χ0v) is 37.0. The molecule has 1 aromatic heterocycles. The summed E-state index contributed by atoms with van der Waals surface area (Å²) in [6.45, 7) is 14.9. The summed E-state index contributed by atoms with van der Waals surface area (Å²) >= 11 is 1.12. The highest BCUT2D eigenvalue weighted by Crippen LogP contribution is 2.34. The van der Waals surface area contributed by atoms with Crippen LogP contribution in [0.2, 0.25) is 0 Å². The number of phenols is 1. The summed E-state index contributed by atoms with van der Waals surface area (Å²) in [5, 5.41) is 29.0. The second-order valence-corrected chi connectivity index (χ2v) is 18.0. The van der Waals surface area contributed by atoms with E-state index in [1.165, 1.54) is 24.1 Å². The number of piperidine rings is 1. The molecule has 1 fully saturated rings. The number of thiazole rings is 1. The Kier molecular flexibility index (Phi) is 18.4. The first kappa shape index (κ1) is 48.8. The SMILES string of the molecule is C#CCCCON(C(=O)[C@@H](NC(=O)[C@H]1CCCCN1C)[C@@H](C)CC)[C@H](C[C@@H](OC(C)=O)c1nc(C(=O)NC(C)(Cc2ccc(O)cc2)CC(C)(C)C(=O)O)cs1)C(C)C. The molecule has 0 bridgehead atoms. The average Bonchev–Trinajstić information content (AvgIpc) is 3.66. The molecule has 1 saturated heterocycles. The van der Waals surface area contributed by atoms with Crippen LogP contribution < -0.4 is 10.6 Å². The zero-order valence-electron chi connectivity index (χ0n) is 36.2. The molecular weight excluding hydrogens is 775 g/mol. The minimum Gasteiger partial charge on any atom is -0.508 e. The first-order valence-corrected chi connectivity index (χ1v) is 21.5. The maximum Gasteiger partial charge on any atom is 0.309 e. The smallest absolute Gasteiger partial charge is 0.309 e. The second kappa shape index (κ2) is 22.2. The van der Waals surface area contributed by atoms with Crippen LogP contribution in [0.4, 0.5) is 0 Å². The summed E-state index contributed by atoms with van der Waals surface area (Å²) in [4.78, 5) is 80.0. The topological polar surface area (TPSA) is 188 Å². The number of likely N-dealkylation sites (N-methyl/N-ethyl adjacent to an activating group) is 1. The lowest BCUT2D eigenvalue weighted by molar-refractivity contribution is -0.213. The number of carbonyl (C=O) groups is 5. The van der Waals surface area contributed by atoms with Crippen LogP contribution >= 0.6 is 11.3 Å². The lowest BCUT2D eigenvalue weighted by Crippen LogP contribution is -2.58. The number of phenolic OH excluding ortho intramolecular Hbond substituents is 1. The molecule has 0 radical (unpaired) electrons. The van der Waals surface area contributed by atoms with Crippen molar-refractivity contribution in [2.24, 2.45) is 17.3 Å². The van der Waals surface area contributed by atoms with Crippen molar-refractivity contribution in [1.29, 1.82) is 0 Å². The van der Waals surface area contributed by atoms with Crippen LogP contribution in [0.25, 0.3) is 0 Å². The molecule has 1 aromatic carbocycles. The highest BCUT2D eigenvalue weighted by Gasteiger charge is 2.41. The van der Waals surface area contributed by atoms with E-state index in [1.54, 1.807) is 38.3 Å². The Morgan fingerprint density at radius 3 is 2.37 bits per heavy atom. The number of likely N-dealkylation sites (tertiary alicyclic amines) is 1. The Hall–Kier alpha value is -4.52. The highest BCUT2D eigenvalue weighted by molar-refractivity contribution is 7.09. The van der Waals surface area contributed by atoms with Crippen LogP contribution in [0.5, 0.6) is 5.75 Å². The number of hydrogen-bond acceptors (Lipinski definition) is 11. The number of aromatic hydroxyl groups is 1. The number of aliphatic carboxylic acids is 1. The Morgan fingerprint density at radius 1 is 1.12 bits per heavy atom. The van der Waals surface area contributed by atoms with Crippen LogP contribution in [0, 0.1) is 29.6 Å². The molecule has 15 heteroatoms. The number of carboxylic acid groups (broad SMARTS) is 1. The van der Waals surface area contributed by atoms with E-state index in [-0.39, 0.29) is 61.1 Å². The number of benzene rings is 1. The molecule has 1 aliphatic rings. The van der Waals surface area contributed by atoms with E-state index in [0.29, 0.717) is 30.7 Å². The van der Waals surface area contributed by atoms with Gasteiger partial charge in [-0.3, -0.25) is 33.7 Å². The van der Waals surface area contributed by atoms with Gasteiger partial charge in [0, 0.05) is 30.7 Å². The first-order valence-electron chi connectivity index (χ1n) is 20.6. The molecule has 326 valence electrons. The summed E-state index contributed by atoms with van der Waals surface area (Å²) in [5.41, 5.74) is -1.44. The van der Waals surface area contributed by atoms with E-state index in [2.05, 4.69) is 21.5 Å². The maximum atomic E-state index is 14.7. The molecule has 59 heavy (non-hydrogen) atoms. The van der Waals surface area contributed by atoms with Crippen molar-refractivity contribution >= 4 is 41.0 Å². The van der Waals surface area contributed by atoms with Crippen molar-refractivity contribution < 1.29 is 43.8 Å². The van der Waals surface area contributed by atoms with E-state index in [9.17, 15) is 34.2 Å². The molecule has 0 aliphatic carbocycles. The Morgan fingerprint density at radius 2 is 1.80 bits per heavy atom. The van der Waals surface area contributed by atoms with Gasteiger partial charge in [-0.25, -0.2) is 10.0 Å². The standard InChI is InChI=1S/C44H65N5O9S/c1-11-13-16-23-57-49(41(54)37(29(5)12-2)46-39(53)34-17-14-15-22-48(34)10)35(28(3)4)24-36(58-30(6)50)40-45-33(26-59-40)38(52)47-44(9,27-43(7,8)42(55)56)25-31-18-20-32(51)21-19-31/h1,18-21,26,28-29,34-37,51H,12-17,22-25,27H2,2-10H3,(H,46,53)(H,47,52)(H,55,56)/t29-,34+,35+,36+,37-,44?/m0/s1. The lowest BCUT2D eigenvalue weighted by Gasteiger charge is -2.39. The number of carboxylic acids is 1. The number of hydrogen-bond donors (Lipinski definition) is 4. The maximum absolute atomic E-state index is 14.7. The van der Waals surface area contributed by atoms with Gasteiger partial charge in [0.25, 0.3) is 11.8 Å². The van der Waals surface area contributed by atoms with Crippen LogP contribution in [0.15, 0.2) is 29.6 Å². The Labute approximate surface area is 353 Å². The van der Waals surface area contributed by atoms with Crippen LogP contribution in [-0.2, 0) is 35.2 Å². The Balaban J connectivity index is 1.97. The lowest BCUT2D eigenvalue weighted by atomic mass is 9.76. The van der Waals surface area contributed by atoms with Gasteiger partial charge in [0.15, 0.2) is 6.10 Å². The van der Waals surface area contributed by atoms with Gasteiger partial charge >= 0.3 is 11.9 Å². The van der Waals surface area contributed by atoms with Gasteiger partial charge in [-0.15, -0.1) is 23.7 Å². The first-order chi connectivity index (χ1) is 27.7. The number of ether oxygens (including phenoxy) is 1. The number of terminal acetylenes is 1. The number of hydroxylamine groups is 2. The molecule has 0 saturated carbocycles. The van der Waals surface area contributed by atoms with E-state index in [1.807, 2.05) is 39.6 Å². The Bertz CT molecular complexity index is 1770. The third kappa shape index (κ3) is 14.3. The molecule has 3 amide bonds. The highest BCUT2D eigenvalue weighted by atomic mass is 32.1. The van der Waals surface area contributed by atoms with E-state index in [0.717, 1.165) is 36.3 Å². The normalized spacial score (nSPS) is 17.7. The van der Waals surface area contributed by atoms with Gasteiger partial charge in [-0.05, 0) is 96.0 Å². The molecule has 2 aromatic rings. The molecular formula is C44H65N5O9S. The quantitative estimate of drug-likeness (QED) is 0.0452. The van der Waals surface area contributed by atoms with Crippen LogP contribution in [0.1, 0.15) is 134 Å². The van der Waals surface area contributed by atoms with Crippen molar-refractivity contribution in [3.8, 4) is 18.1 Å². The number of amides is 3. The fraction of sp³-hybridized carbons (Fsp3) is 0.636. The minimum atomic E-state index is -1.20. The molecule has 4 N–H and O–H groups in total. The number of esters is 1. The number of nitrogens with zero attached hydrogens (tertiary/aromatic N) is 3. The van der Waals surface area contributed by atoms with Gasteiger partial charge in [0.2, 0.25) is 5.91 Å². The summed E-state index contributed by atoms with van der Waals surface area (Å²) in [6, 6.07) is 4.55. The summed E-state index contributed by atoms with van der Waals surface area (Å²) in [7, 11) is 1.92.